The Bertz CT molecular complexity index is 621. The number of carbonyl (C=O) groups excluding carboxylic acids is 3. The molecular weight excluding hydrogens is 314 g/mol. The van der Waals surface area contributed by atoms with Crippen molar-refractivity contribution < 1.29 is 28.6 Å². The van der Waals surface area contributed by atoms with Crippen molar-refractivity contribution in [3.05, 3.63) is 24.3 Å². The fourth-order valence-electron chi connectivity index (χ4n) is 2.84. The number of nitrogens with zero attached hydrogens (tertiary/aromatic N) is 1. The summed E-state index contributed by atoms with van der Waals surface area (Å²) in [6.07, 6.45) is 0. The Morgan fingerprint density at radius 1 is 1.08 bits per heavy atom. The van der Waals surface area contributed by atoms with Gasteiger partial charge in [0.1, 0.15) is 5.75 Å². The molecule has 7 nitrogen and oxygen atoms in total. The topological polar surface area (TPSA) is 82.1 Å². The van der Waals surface area contributed by atoms with Crippen LogP contribution in [0.4, 0.5) is 5.69 Å². The number of esters is 2. The predicted molar refractivity (Wildman–Crippen MR) is 85.6 cm³/mol. The van der Waals surface area contributed by atoms with E-state index in [1.54, 1.807) is 38.1 Å². The summed E-state index contributed by atoms with van der Waals surface area (Å²) < 4.78 is 15.2. The Kier molecular flexibility index (Phi) is 5.11. The summed E-state index contributed by atoms with van der Waals surface area (Å²) in [4.78, 5) is 38.7. The monoisotopic (exact) mass is 335 g/mol. The average Bonchev–Trinajstić information content (AvgIpc) is 2.59. The number of amides is 1. The van der Waals surface area contributed by atoms with Gasteiger partial charge in [-0.1, -0.05) is 6.92 Å². The molecule has 0 saturated carbocycles. The number of ether oxygens (including phenoxy) is 3. The lowest BCUT2D eigenvalue weighted by Crippen LogP contribution is -2.78. The molecule has 1 unspecified atom stereocenters. The van der Waals surface area contributed by atoms with Gasteiger partial charge in [0.25, 0.3) is 5.54 Å². The smallest absolute Gasteiger partial charge is 0.345 e. The Hall–Kier alpha value is -2.57. The first-order chi connectivity index (χ1) is 11.4. The molecule has 1 aromatic rings. The first-order valence-electron chi connectivity index (χ1n) is 7.77. The van der Waals surface area contributed by atoms with Crippen LogP contribution in [-0.4, -0.2) is 43.7 Å². The van der Waals surface area contributed by atoms with Crippen LogP contribution in [0.15, 0.2) is 24.3 Å². The van der Waals surface area contributed by atoms with E-state index in [1.165, 1.54) is 14.0 Å². The average molecular weight is 335 g/mol. The van der Waals surface area contributed by atoms with Crippen LogP contribution < -0.4 is 9.64 Å². The molecule has 0 spiro atoms. The van der Waals surface area contributed by atoms with Gasteiger partial charge in [-0.2, -0.15) is 0 Å². The van der Waals surface area contributed by atoms with Crippen LogP contribution in [0.3, 0.4) is 0 Å². The molecule has 1 fully saturated rings. The Morgan fingerprint density at radius 3 is 2.00 bits per heavy atom. The highest BCUT2D eigenvalue weighted by molar-refractivity contribution is 6.25. The number of anilines is 1. The van der Waals surface area contributed by atoms with Crippen molar-refractivity contribution in [2.75, 3.05) is 25.2 Å². The van der Waals surface area contributed by atoms with Crippen LogP contribution in [0.5, 0.6) is 5.75 Å². The third-order valence-electron chi connectivity index (χ3n) is 4.07. The van der Waals surface area contributed by atoms with Crippen LogP contribution in [0.1, 0.15) is 20.8 Å². The van der Waals surface area contributed by atoms with Crippen molar-refractivity contribution in [2.45, 2.75) is 26.3 Å². The molecule has 2 rings (SSSR count). The summed E-state index contributed by atoms with van der Waals surface area (Å²) >= 11 is 0. The van der Waals surface area contributed by atoms with Crippen LogP contribution in [0.25, 0.3) is 0 Å². The molecule has 1 heterocycles. The van der Waals surface area contributed by atoms with Gasteiger partial charge in [0, 0.05) is 5.69 Å². The summed E-state index contributed by atoms with van der Waals surface area (Å²) in [5.41, 5.74) is -1.39. The second-order valence-electron chi connectivity index (χ2n) is 5.30. The quantitative estimate of drug-likeness (QED) is 0.446. The fourth-order valence-corrected chi connectivity index (χ4v) is 2.84. The van der Waals surface area contributed by atoms with E-state index in [9.17, 15) is 14.4 Å². The molecule has 0 bridgehead atoms. The number of β-lactam (4-membered cyclic amide) rings is 1. The number of hydrogen-bond donors (Lipinski definition) is 0. The summed E-state index contributed by atoms with van der Waals surface area (Å²) in [5.74, 6) is -2.19. The standard InChI is InChI=1S/C17H21NO6/c1-5-23-15(20)17(16(21)24-6-2)11(3)14(19)18(17)12-7-9-13(22-4)10-8-12/h7-11H,5-6H2,1-4H3. The maximum atomic E-state index is 12.6. The summed E-state index contributed by atoms with van der Waals surface area (Å²) in [7, 11) is 1.52. The minimum atomic E-state index is -1.79. The number of hydrogen-bond acceptors (Lipinski definition) is 6. The van der Waals surface area contributed by atoms with Crippen LogP contribution in [0, 0.1) is 5.92 Å². The van der Waals surface area contributed by atoms with Crippen molar-refractivity contribution in [2.24, 2.45) is 5.92 Å². The van der Waals surface area contributed by atoms with Gasteiger partial charge in [-0.3, -0.25) is 9.69 Å². The fraction of sp³-hybridized carbons (Fsp3) is 0.471. The highest BCUT2D eigenvalue weighted by Gasteiger charge is 2.70. The predicted octanol–water partition coefficient (Wildman–Crippen LogP) is 1.54. The number of rotatable bonds is 6. The molecule has 130 valence electrons. The van der Waals surface area contributed by atoms with Gasteiger partial charge in [0.15, 0.2) is 0 Å². The molecule has 1 aliphatic heterocycles. The first-order valence-corrected chi connectivity index (χ1v) is 7.77. The minimum absolute atomic E-state index is 0.0946. The van der Waals surface area contributed by atoms with E-state index < -0.39 is 23.4 Å². The largest absolute Gasteiger partial charge is 0.497 e. The molecule has 24 heavy (non-hydrogen) atoms. The van der Waals surface area contributed by atoms with Crippen molar-refractivity contribution in [1.82, 2.24) is 0 Å². The van der Waals surface area contributed by atoms with Crippen LogP contribution >= 0.6 is 0 Å². The van der Waals surface area contributed by atoms with Gasteiger partial charge in [0.05, 0.1) is 26.2 Å². The minimum Gasteiger partial charge on any atom is -0.497 e. The summed E-state index contributed by atoms with van der Waals surface area (Å²) in [6, 6.07) is 6.50. The molecular formula is C17H21NO6. The van der Waals surface area contributed by atoms with E-state index in [0.29, 0.717) is 11.4 Å². The number of benzene rings is 1. The van der Waals surface area contributed by atoms with Crippen molar-refractivity contribution >= 4 is 23.5 Å². The zero-order valence-corrected chi connectivity index (χ0v) is 14.2. The number of methoxy groups -OCH3 is 1. The second-order valence-corrected chi connectivity index (χ2v) is 5.30. The van der Waals surface area contributed by atoms with E-state index in [4.69, 9.17) is 14.2 Å². The third-order valence-corrected chi connectivity index (χ3v) is 4.07. The Balaban J connectivity index is 2.50. The van der Waals surface area contributed by atoms with Gasteiger partial charge < -0.3 is 14.2 Å². The van der Waals surface area contributed by atoms with Crippen molar-refractivity contribution in [1.29, 1.82) is 0 Å². The van der Waals surface area contributed by atoms with E-state index >= 15 is 0 Å². The lowest BCUT2D eigenvalue weighted by Gasteiger charge is -2.51. The zero-order valence-electron chi connectivity index (χ0n) is 14.2. The molecule has 1 saturated heterocycles. The highest BCUT2D eigenvalue weighted by atomic mass is 16.6. The van der Waals surface area contributed by atoms with Gasteiger partial charge in [-0.25, -0.2) is 9.59 Å². The highest BCUT2D eigenvalue weighted by Crippen LogP contribution is 2.44. The molecule has 1 aromatic carbocycles. The van der Waals surface area contributed by atoms with Gasteiger partial charge in [0.2, 0.25) is 5.91 Å². The van der Waals surface area contributed by atoms with Crippen LogP contribution in [-0.2, 0) is 23.9 Å². The molecule has 1 aliphatic rings. The molecule has 0 radical (unpaired) electrons. The Morgan fingerprint density at radius 2 is 1.58 bits per heavy atom. The van der Waals surface area contributed by atoms with E-state index in [1.807, 2.05) is 0 Å². The van der Waals surface area contributed by atoms with E-state index in [2.05, 4.69) is 0 Å². The van der Waals surface area contributed by atoms with E-state index in [-0.39, 0.29) is 19.1 Å². The third kappa shape index (κ3) is 2.50. The van der Waals surface area contributed by atoms with Crippen molar-refractivity contribution in [3.63, 3.8) is 0 Å². The summed E-state index contributed by atoms with van der Waals surface area (Å²) in [6.45, 7) is 4.99. The molecule has 0 aliphatic carbocycles. The van der Waals surface area contributed by atoms with Gasteiger partial charge in [-0.15, -0.1) is 0 Å². The molecule has 7 heteroatoms. The van der Waals surface area contributed by atoms with Crippen LogP contribution in [0.2, 0.25) is 0 Å². The zero-order chi connectivity index (χ0) is 17.9. The first kappa shape index (κ1) is 17.8. The molecule has 0 N–H and O–H groups in total. The van der Waals surface area contributed by atoms with E-state index in [0.717, 1.165) is 4.90 Å². The lowest BCUT2D eigenvalue weighted by atomic mass is 9.73. The molecule has 1 atom stereocenters. The van der Waals surface area contributed by atoms with Gasteiger partial charge in [-0.05, 0) is 38.1 Å². The van der Waals surface area contributed by atoms with Gasteiger partial charge >= 0.3 is 11.9 Å². The number of carbonyl (C=O) groups is 3. The normalized spacial score (nSPS) is 18.6. The Labute approximate surface area is 140 Å². The maximum absolute atomic E-state index is 12.6. The van der Waals surface area contributed by atoms with Crippen molar-refractivity contribution in [3.8, 4) is 5.75 Å². The summed E-state index contributed by atoms with van der Waals surface area (Å²) in [5, 5.41) is 0. The lowest BCUT2D eigenvalue weighted by molar-refractivity contribution is -0.176. The molecule has 1 amide bonds. The second kappa shape index (κ2) is 6.90. The SMILES string of the molecule is CCOC(=O)C1(C(=O)OCC)C(C)C(=O)N1c1ccc(OC)cc1. The molecule has 0 aromatic heterocycles. The maximum Gasteiger partial charge on any atom is 0.345 e.